The highest BCUT2D eigenvalue weighted by molar-refractivity contribution is 6.22. The van der Waals surface area contributed by atoms with Crippen molar-refractivity contribution in [3.8, 4) is 0 Å². The molecule has 0 unspecified atom stereocenters. The third kappa shape index (κ3) is 3.19. The van der Waals surface area contributed by atoms with E-state index in [0.29, 0.717) is 11.1 Å². The molecule has 0 aliphatic carbocycles. The van der Waals surface area contributed by atoms with Crippen LogP contribution in [0.4, 0.5) is 0 Å². The van der Waals surface area contributed by atoms with Gasteiger partial charge in [-0.1, -0.05) is 0 Å². The van der Waals surface area contributed by atoms with Gasteiger partial charge in [0.1, 0.15) is 0 Å². The monoisotopic (exact) mass is 328 g/mol. The van der Waals surface area contributed by atoms with E-state index in [9.17, 15) is 14.4 Å². The average molecular weight is 328 g/mol. The molecule has 0 bridgehead atoms. The van der Waals surface area contributed by atoms with Crippen LogP contribution in [-0.4, -0.2) is 34.8 Å². The van der Waals surface area contributed by atoms with Crippen LogP contribution in [0.2, 0.25) is 0 Å². The van der Waals surface area contributed by atoms with Crippen LogP contribution in [0.3, 0.4) is 0 Å². The van der Waals surface area contributed by atoms with Gasteiger partial charge in [-0.25, -0.2) is 5.32 Å². The van der Waals surface area contributed by atoms with E-state index in [-0.39, 0.29) is 28.6 Å². The van der Waals surface area contributed by atoms with E-state index in [1.54, 1.807) is 6.07 Å². The Morgan fingerprint density at radius 2 is 1.62 bits per heavy atom. The standard InChI is InChI=1S/C18H22N3O3/c1-17(2)8-11(9-18(3,4)21-17)19-14(22)10-5-6-12-13(7-10)16(24)20-15(12)23/h5-7,11,21H,8-9H2,1-4H3,(H,20,23,24). The lowest BCUT2D eigenvalue weighted by molar-refractivity contribution is 0.0858. The van der Waals surface area contributed by atoms with Crippen LogP contribution >= 0.6 is 0 Å². The lowest BCUT2D eigenvalue weighted by atomic mass is 9.79. The van der Waals surface area contributed by atoms with Crippen LogP contribution in [0.15, 0.2) is 18.2 Å². The summed E-state index contributed by atoms with van der Waals surface area (Å²) in [7, 11) is 0. The summed E-state index contributed by atoms with van der Waals surface area (Å²) in [5.41, 5.74) is 0.696. The van der Waals surface area contributed by atoms with Gasteiger partial charge in [0.15, 0.2) is 0 Å². The molecule has 3 amide bonds. The molecule has 1 radical (unpaired) electrons. The van der Waals surface area contributed by atoms with Crippen molar-refractivity contribution in [2.24, 2.45) is 0 Å². The number of nitrogens with zero attached hydrogens (tertiary/aromatic N) is 1. The van der Waals surface area contributed by atoms with Crippen LogP contribution in [0.25, 0.3) is 0 Å². The van der Waals surface area contributed by atoms with Crippen LogP contribution in [0.1, 0.15) is 71.6 Å². The van der Waals surface area contributed by atoms with E-state index >= 15 is 0 Å². The molecule has 6 heteroatoms. The summed E-state index contributed by atoms with van der Waals surface area (Å²) in [6, 6.07) is 4.44. The highest BCUT2D eigenvalue weighted by Crippen LogP contribution is 2.29. The molecule has 1 aromatic carbocycles. The number of carbonyl (C=O) groups is 3. The summed E-state index contributed by atoms with van der Waals surface area (Å²) < 4.78 is 0. The minimum atomic E-state index is -0.464. The van der Waals surface area contributed by atoms with Crippen molar-refractivity contribution in [1.82, 2.24) is 16.0 Å². The highest BCUT2D eigenvalue weighted by atomic mass is 16.2. The van der Waals surface area contributed by atoms with E-state index < -0.39 is 11.8 Å². The van der Waals surface area contributed by atoms with Gasteiger partial charge < -0.3 is 5.32 Å². The van der Waals surface area contributed by atoms with E-state index in [4.69, 9.17) is 0 Å². The Hall–Kier alpha value is -2.21. The third-order valence-electron chi connectivity index (χ3n) is 4.45. The van der Waals surface area contributed by atoms with Gasteiger partial charge in [-0.3, -0.25) is 19.7 Å². The summed E-state index contributed by atoms with van der Waals surface area (Å²) >= 11 is 0. The van der Waals surface area contributed by atoms with E-state index in [1.165, 1.54) is 12.1 Å². The molecule has 127 valence electrons. The van der Waals surface area contributed by atoms with Crippen molar-refractivity contribution in [3.05, 3.63) is 34.9 Å². The molecule has 2 heterocycles. The second-order valence-electron chi connectivity index (χ2n) is 7.93. The molecule has 1 fully saturated rings. The van der Waals surface area contributed by atoms with Crippen molar-refractivity contribution in [3.63, 3.8) is 0 Å². The number of fused-ring (bicyclic) bond motifs is 1. The van der Waals surface area contributed by atoms with Gasteiger partial charge in [0, 0.05) is 16.6 Å². The molecule has 3 rings (SSSR count). The molecule has 0 aromatic heterocycles. The fourth-order valence-electron chi connectivity index (χ4n) is 3.90. The number of piperidine rings is 1. The van der Waals surface area contributed by atoms with Crippen LogP contribution in [0.5, 0.6) is 0 Å². The van der Waals surface area contributed by atoms with E-state index in [0.717, 1.165) is 12.8 Å². The molecular formula is C18H22N3O3. The maximum Gasteiger partial charge on any atom is 0.272 e. The van der Waals surface area contributed by atoms with Crippen molar-refractivity contribution >= 4 is 17.7 Å². The summed E-state index contributed by atoms with van der Waals surface area (Å²) in [6.45, 7) is 8.41. The normalized spacial score (nSPS) is 22.0. The number of hydrogen-bond donors (Lipinski definition) is 2. The first-order valence-corrected chi connectivity index (χ1v) is 8.11. The summed E-state index contributed by atoms with van der Waals surface area (Å²) in [6.07, 6.45) is 1.54. The Morgan fingerprint density at radius 3 is 2.25 bits per heavy atom. The third-order valence-corrected chi connectivity index (χ3v) is 4.45. The zero-order valence-corrected chi connectivity index (χ0v) is 14.4. The van der Waals surface area contributed by atoms with Crippen molar-refractivity contribution in [2.45, 2.75) is 57.7 Å². The lowest BCUT2D eigenvalue weighted by Gasteiger charge is -2.45. The fourth-order valence-corrected chi connectivity index (χ4v) is 3.90. The Labute approximate surface area is 141 Å². The van der Waals surface area contributed by atoms with Crippen LogP contribution in [-0.2, 0) is 0 Å². The molecule has 2 N–H and O–H groups in total. The van der Waals surface area contributed by atoms with Gasteiger partial charge in [0.25, 0.3) is 17.7 Å². The van der Waals surface area contributed by atoms with Gasteiger partial charge in [0.05, 0.1) is 17.2 Å². The number of amides is 3. The van der Waals surface area contributed by atoms with Gasteiger partial charge in [0.2, 0.25) is 0 Å². The van der Waals surface area contributed by atoms with Crippen LogP contribution < -0.4 is 16.0 Å². The van der Waals surface area contributed by atoms with Gasteiger partial charge in [-0.2, -0.15) is 0 Å². The minimum Gasteiger partial charge on any atom is -0.307 e. The Morgan fingerprint density at radius 1 is 1.04 bits per heavy atom. The fraction of sp³-hybridized carbons (Fsp3) is 0.500. The van der Waals surface area contributed by atoms with E-state index in [2.05, 4.69) is 43.6 Å². The molecule has 0 atom stereocenters. The van der Waals surface area contributed by atoms with Gasteiger partial charge in [-0.05, 0) is 58.7 Å². The predicted octanol–water partition coefficient (Wildman–Crippen LogP) is 1.62. The van der Waals surface area contributed by atoms with Crippen molar-refractivity contribution in [1.29, 1.82) is 0 Å². The molecule has 6 nitrogen and oxygen atoms in total. The first-order valence-electron chi connectivity index (χ1n) is 8.11. The summed E-state index contributed by atoms with van der Waals surface area (Å²) in [4.78, 5) is 35.8. The second-order valence-corrected chi connectivity index (χ2v) is 7.93. The minimum absolute atomic E-state index is 0.0764. The number of benzene rings is 1. The second kappa shape index (κ2) is 5.41. The molecule has 24 heavy (non-hydrogen) atoms. The van der Waals surface area contributed by atoms with E-state index in [1.807, 2.05) is 0 Å². The first kappa shape index (κ1) is 16.6. The van der Waals surface area contributed by atoms with Gasteiger partial charge in [-0.15, -0.1) is 0 Å². The zero-order valence-electron chi connectivity index (χ0n) is 14.4. The molecule has 2 aliphatic rings. The maximum atomic E-state index is 12.5. The molecule has 1 aromatic rings. The zero-order chi connectivity index (χ0) is 17.7. The predicted molar refractivity (Wildman–Crippen MR) is 89.0 cm³/mol. The quantitative estimate of drug-likeness (QED) is 0.808. The molecule has 0 spiro atoms. The summed E-state index contributed by atoms with van der Waals surface area (Å²) in [5, 5.41) is 10.2. The van der Waals surface area contributed by atoms with Crippen molar-refractivity contribution in [2.75, 3.05) is 0 Å². The average Bonchev–Trinajstić information content (AvgIpc) is 2.70. The molecule has 2 aliphatic heterocycles. The smallest absolute Gasteiger partial charge is 0.272 e. The Kier molecular flexibility index (Phi) is 3.75. The molecule has 1 saturated heterocycles. The van der Waals surface area contributed by atoms with Crippen LogP contribution in [0, 0.1) is 0 Å². The lowest BCUT2D eigenvalue weighted by Crippen LogP contribution is -2.61. The molecule has 0 saturated carbocycles. The number of hydrogen-bond acceptors (Lipinski definition) is 4. The largest absolute Gasteiger partial charge is 0.307 e. The Bertz CT molecular complexity index is 721. The number of imide groups is 1. The number of rotatable bonds is 2. The SMILES string of the molecule is CC1(C)CC([N]C(=O)c2ccc3c(c2)C(=O)NC3=O)CC(C)(C)N1. The van der Waals surface area contributed by atoms with Gasteiger partial charge >= 0.3 is 0 Å². The first-order chi connectivity index (χ1) is 11.1. The summed E-state index contributed by atoms with van der Waals surface area (Å²) in [5.74, 6) is -1.23. The topological polar surface area (TPSA) is 89.4 Å². The highest BCUT2D eigenvalue weighted by Gasteiger charge is 2.39. The maximum absolute atomic E-state index is 12.5. The molecular weight excluding hydrogens is 306 g/mol. The number of nitrogens with one attached hydrogen (secondary N) is 2. The van der Waals surface area contributed by atoms with Crippen molar-refractivity contribution < 1.29 is 14.4 Å². The number of carbonyl (C=O) groups excluding carboxylic acids is 3. The Balaban J connectivity index is 1.77.